The first-order valence-corrected chi connectivity index (χ1v) is 7.81. The molecule has 2 amide bonds. The van der Waals surface area contributed by atoms with Crippen molar-refractivity contribution in [3.8, 4) is 0 Å². The Kier molecular flexibility index (Phi) is 5.55. The topological polar surface area (TPSA) is 84.2 Å². The highest BCUT2D eigenvalue weighted by molar-refractivity contribution is 5.79. The highest BCUT2D eigenvalue weighted by Gasteiger charge is 2.28. The van der Waals surface area contributed by atoms with Gasteiger partial charge in [-0.15, -0.1) is 0 Å². The van der Waals surface area contributed by atoms with Gasteiger partial charge in [0.25, 0.3) is 0 Å². The van der Waals surface area contributed by atoms with Gasteiger partial charge in [0.05, 0.1) is 12.5 Å². The van der Waals surface area contributed by atoms with Crippen LogP contribution in [0.1, 0.15) is 43.4 Å². The molecule has 2 unspecified atom stereocenters. The van der Waals surface area contributed by atoms with Crippen LogP contribution in [0.25, 0.3) is 0 Å². The van der Waals surface area contributed by atoms with Crippen molar-refractivity contribution in [3.05, 3.63) is 35.4 Å². The second-order valence-corrected chi connectivity index (χ2v) is 6.17. The summed E-state index contributed by atoms with van der Waals surface area (Å²) in [5, 5.41) is 5.71. The summed E-state index contributed by atoms with van der Waals surface area (Å²) in [5.74, 6) is 0.326. The molecule has 0 saturated heterocycles. The Morgan fingerprint density at radius 1 is 1.27 bits per heavy atom. The first-order chi connectivity index (χ1) is 10.5. The van der Waals surface area contributed by atoms with Crippen molar-refractivity contribution in [1.29, 1.82) is 0 Å². The van der Waals surface area contributed by atoms with Crippen molar-refractivity contribution < 1.29 is 9.59 Å². The highest BCUT2D eigenvalue weighted by Crippen LogP contribution is 2.31. The van der Waals surface area contributed by atoms with Crippen molar-refractivity contribution in [2.75, 3.05) is 6.54 Å². The van der Waals surface area contributed by atoms with Crippen LogP contribution in [-0.4, -0.2) is 24.4 Å². The molecule has 1 aliphatic carbocycles. The zero-order chi connectivity index (χ0) is 16.1. The molecule has 1 aromatic carbocycles. The summed E-state index contributed by atoms with van der Waals surface area (Å²) in [5.41, 5.74) is 8.06. The summed E-state index contributed by atoms with van der Waals surface area (Å²) in [4.78, 5) is 23.5. The van der Waals surface area contributed by atoms with Crippen molar-refractivity contribution in [1.82, 2.24) is 10.6 Å². The number of aryl methyl sites for hydroxylation is 1. The summed E-state index contributed by atoms with van der Waals surface area (Å²) in [7, 11) is 0. The van der Waals surface area contributed by atoms with Crippen LogP contribution in [0, 0.1) is 12.8 Å². The van der Waals surface area contributed by atoms with Crippen molar-refractivity contribution >= 4 is 11.8 Å². The van der Waals surface area contributed by atoms with Crippen LogP contribution >= 0.6 is 0 Å². The molecule has 22 heavy (non-hydrogen) atoms. The predicted molar refractivity (Wildman–Crippen MR) is 86.1 cm³/mol. The first kappa shape index (κ1) is 16.5. The van der Waals surface area contributed by atoms with Gasteiger partial charge in [-0.05, 0) is 31.2 Å². The molecule has 0 radical (unpaired) electrons. The Bertz CT molecular complexity index is 523. The van der Waals surface area contributed by atoms with Gasteiger partial charge in [-0.1, -0.05) is 29.8 Å². The minimum atomic E-state index is -0.310. The molecular formula is C17H25N3O2. The fourth-order valence-electron chi connectivity index (χ4n) is 2.48. The van der Waals surface area contributed by atoms with Crippen molar-refractivity contribution in [2.45, 2.75) is 45.2 Å². The van der Waals surface area contributed by atoms with Gasteiger partial charge in [-0.2, -0.15) is 0 Å². The number of carbonyl (C=O) groups excluding carboxylic acids is 2. The third-order valence-electron chi connectivity index (χ3n) is 4.01. The number of nitrogens with two attached hydrogens (primary N) is 1. The zero-order valence-corrected chi connectivity index (χ0v) is 13.3. The second-order valence-electron chi connectivity index (χ2n) is 6.17. The molecule has 1 aliphatic rings. The van der Waals surface area contributed by atoms with E-state index >= 15 is 0 Å². The quantitative estimate of drug-likeness (QED) is 0.712. The molecule has 120 valence electrons. The number of hydrogen-bond acceptors (Lipinski definition) is 3. The summed E-state index contributed by atoms with van der Waals surface area (Å²) in [6.07, 6.45) is 2.55. The molecule has 1 aromatic rings. The average molecular weight is 303 g/mol. The molecule has 1 saturated carbocycles. The number of rotatable bonds is 7. The molecule has 1 fully saturated rings. The van der Waals surface area contributed by atoms with E-state index in [1.807, 2.05) is 31.2 Å². The Morgan fingerprint density at radius 2 is 1.91 bits per heavy atom. The molecule has 2 atom stereocenters. The Hall–Kier alpha value is -1.88. The van der Waals surface area contributed by atoms with Gasteiger partial charge in [0.1, 0.15) is 0 Å². The van der Waals surface area contributed by atoms with Gasteiger partial charge >= 0.3 is 0 Å². The normalized spacial score (nSPS) is 16.7. The Morgan fingerprint density at radius 3 is 2.45 bits per heavy atom. The van der Waals surface area contributed by atoms with E-state index in [0.717, 1.165) is 24.0 Å². The molecule has 0 aliphatic heterocycles. The predicted octanol–water partition coefficient (Wildman–Crippen LogP) is 1.42. The monoisotopic (exact) mass is 303 g/mol. The van der Waals surface area contributed by atoms with E-state index < -0.39 is 0 Å². The Labute approximate surface area is 131 Å². The van der Waals surface area contributed by atoms with Crippen molar-refractivity contribution in [3.63, 3.8) is 0 Å². The van der Waals surface area contributed by atoms with Gasteiger partial charge in [0, 0.05) is 19.5 Å². The smallest absolute Gasteiger partial charge is 0.222 e. The molecule has 4 N–H and O–H groups in total. The third-order valence-corrected chi connectivity index (χ3v) is 4.01. The minimum Gasteiger partial charge on any atom is -0.354 e. The van der Waals surface area contributed by atoms with Crippen LogP contribution in [0.3, 0.4) is 0 Å². The van der Waals surface area contributed by atoms with Crippen molar-refractivity contribution in [2.24, 2.45) is 11.7 Å². The van der Waals surface area contributed by atoms with E-state index in [1.165, 1.54) is 6.92 Å². The Balaban J connectivity index is 1.91. The average Bonchev–Trinajstić information content (AvgIpc) is 3.29. The number of benzene rings is 1. The van der Waals surface area contributed by atoms with Gasteiger partial charge < -0.3 is 16.4 Å². The maximum absolute atomic E-state index is 12.1. The lowest BCUT2D eigenvalue weighted by atomic mass is 10.0. The van der Waals surface area contributed by atoms with Crippen LogP contribution in [0.2, 0.25) is 0 Å². The molecule has 0 heterocycles. The fourth-order valence-corrected chi connectivity index (χ4v) is 2.48. The fraction of sp³-hybridized carbons (Fsp3) is 0.529. The minimum absolute atomic E-state index is 0.0440. The summed E-state index contributed by atoms with van der Waals surface area (Å²) >= 11 is 0. The van der Waals surface area contributed by atoms with Gasteiger partial charge in [0.2, 0.25) is 11.8 Å². The SMILES string of the molecule is CC(=O)NC(CC(=O)NCC(N)C1CC1)c1ccc(C)cc1. The molecular weight excluding hydrogens is 278 g/mol. The largest absolute Gasteiger partial charge is 0.354 e. The number of hydrogen-bond donors (Lipinski definition) is 3. The van der Waals surface area contributed by atoms with Crippen LogP contribution in [0.15, 0.2) is 24.3 Å². The van der Waals surface area contributed by atoms with Gasteiger partial charge in [-0.25, -0.2) is 0 Å². The number of amides is 2. The maximum Gasteiger partial charge on any atom is 0.222 e. The van der Waals surface area contributed by atoms with E-state index in [2.05, 4.69) is 10.6 Å². The number of nitrogens with one attached hydrogen (secondary N) is 2. The van der Waals surface area contributed by atoms with Crippen LogP contribution in [0.4, 0.5) is 0 Å². The van der Waals surface area contributed by atoms with E-state index in [-0.39, 0.29) is 30.3 Å². The highest BCUT2D eigenvalue weighted by atomic mass is 16.2. The lowest BCUT2D eigenvalue weighted by molar-refractivity contribution is -0.122. The van der Waals surface area contributed by atoms with E-state index in [4.69, 9.17) is 5.73 Å². The summed E-state index contributed by atoms with van der Waals surface area (Å²) in [6, 6.07) is 7.58. The molecule has 0 aromatic heterocycles. The molecule has 0 spiro atoms. The maximum atomic E-state index is 12.1. The molecule has 2 rings (SSSR count). The zero-order valence-electron chi connectivity index (χ0n) is 13.3. The van der Waals surface area contributed by atoms with Gasteiger partial charge in [-0.3, -0.25) is 9.59 Å². The molecule has 5 nitrogen and oxygen atoms in total. The first-order valence-electron chi connectivity index (χ1n) is 7.81. The van der Waals surface area contributed by atoms with E-state index in [0.29, 0.717) is 12.5 Å². The second kappa shape index (κ2) is 7.40. The lowest BCUT2D eigenvalue weighted by Gasteiger charge is -2.19. The van der Waals surface area contributed by atoms with E-state index in [9.17, 15) is 9.59 Å². The van der Waals surface area contributed by atoms with Crippen LogP contribution in [0.5, 0.6) is 0 Å². The van der Waals surface area contributed by atoms with Gasteiger partial charge in [0.15, 0.2) is 0 Å². The van der Waals surface area contributed by atoms with Crippen LogP contribution in [-0.2, 0) is 9.59 Å². The molecule has 5 heteroatoms. The molecule has 0 bridgehead atoms. The lowest BCUT2D eigenvalue weighted by Crippen LogP contribution is -2.40. The number of carbonyl (C=O) groups is 2. The van der Waals surface area contributed by atoms with Crippen LogP contribution < -0.4 is 16.4 Å². The summed E-state index contributed by atoms with van der Waals surface area (Å²) in [6.45, 7) is 3.97. The van der Waals surface area contributed by atoms with E-state index in [1.54, 1.807) is 0 Å². The summed E-state index contributed by atoms with van der Waals surface area (Å²) < 4.78 is 0. The standard InChI is InChI=1S/C17H25N3O2/c1-11-3-5-14(6-4-11)16(20-12(2)21)9-17(22)19-10-15(18)13-7-8-13/h3-6,13,15-16H,7-10,18H2,1-2H3,(H,19,22)(H,20,21). The third kappa shape index (κ3) is 5.15.